The molecule has 0 aromatic rings. The largest absolute Gasteiger partial charge is 0.480 e. The summed E-state index contributed by atoms with van der Waals surface area (Å²) in [5.74, 6) is -1.18. The molecule has 9 heteroatoms. The summed E-state index contributed by atoms with van der Waals surface area (Å²) in [5, 5.41) is 10.7. The number of carboxylic acid groups (broad SMARTS) is 1. The zero-order valence-electron chi connectivity index (χ0n) is 14.2. The molecule has 0 aromatic carbocycles. The molecule has 0 saturated carbocycles. The average Bonchev–Trinajstić information content (AvgIpc) is 2.45. The normalized spacial score (nSPS) is 16.7. The van der Waals surface area contributed by atoms with Crippen LogP contribution in [0.2, 0.25) is 0 Å². The first-order valence-corrected chi connectivity index (χ1v) is 7.62. The lowest BCUT2D eigenvalue weighted by Gasteiger charge is -2.25. The van der Waals surface area contributed by atoms with Gasteiger partial charge >= 0.3 is 12.1 Å². The molecule has 0 bridgehead atoms. The second-order valence-electron chi connectivity index (χ2n) is 6.02. The van der Waals surface area contributed by atoms with E-state index in [-0.39, 0.29) is 6.54 Å². The first kappa shape index (κ1) is 21.6. The first-order valence-electron chi connectivity index (χ1n) is 7.62. The van der Waals surface area contributed by atoms with E-state index in [9.17, 15) is 9.59 Å². The minimum absolute atomic E-state index is 0.172. The van der Waals surface area contributed by atoms with E-state index in [1.165, 1.54) is 0 Å². The molecule has 1 aliphatic heterocycles. The molecule has 6 N–H and O–H groups in total. The summed E-state index contributed by atoms with van der Waals surface area (Å²) in [5.41, 5.74) is 9.86. The van der Waals surface area contributed by atoms with Gasteiger partial charge in [0.05, 0.1) is 13.2 Å². The van der Waals surface area contributed by atoms with Gasteiger partial charge < -0.3 is 31.4 Å². The zero-order valence-corrected chi connectivity index (χ0v) is 14.2. The van der Waals surface area contributed by atoms with Crippen molar-refractivity contribution in [1.29, 1.82) is 0 Å². The fraction of sp³-hybridized carbons (Fsp3) is 0.857. The number of carboxylic acids is 1. The van der Waals surface area contributed by atoms with Crippen LogP contribution in [0, 0.1) is 0 Å². The number of aliphatic carboxylic acids is 1. The summed E-state index contributed by atoms with van der Waals surface area (Å²) in [6.45, 7) is 10.5. The third-order valence-corrected chi connectivity index (χ3v) is 2.77. The van der Waals surface area contributed by atoms with Gasteiger partial charge in [-0.1, -0.05) is 0 Å². The van der Waals surface area contributed by atoms with Crippen LogP contribution < -0.4 is 16.8 Å². The van der Waals surface area contributed by atoms with Gasteiger partial charge in [-0.15, -0.1) is 0 Å². The van der Waals surface area contributed by atoms with Gasteiger partial charge in [-0.3, -0.25) is 4.90 Å². The molecule has 9 nitrogen and oxygen atoms in total. The third-order valence-electron chi connectivity index (χ3n) is 2.77. The lowest BCUT2D eigenvalue weighted by Crippen LogP contribution is -2.47. The van der Waals surface area contributed by atoms with Gasteiger partial charge in [-0.05, 0) is 20.8 Å². The highest BCUT2D eigenvalue weighted by atomic mass is 16.6. The number of carbonyl (C=O) groups is 2. The lowest BCUT2D eigenvalue weighted by atomic mass is 10.2. The maximum absolute atomic E-state index is 11.1. The van der Waals surface area contributed by atoms with E-state index in [2.05, 4.69) is 10.2 Å². The van der Waals surface area contributed by atoms with Crippen molar-refractivity contribution in [3.8, 4) is 0 Å². The zero-order chi connectivity index (χ0) is 17.9. The number of hydrogen-bond acceptors (Lipinski definition) is 7. The number of nitrogens with two attached hydrogens (primary N) is 2. The molecule has 1 aliphatic rings. The standard InChI is InChI=1S/C8H16N2O4.C6H14N2O/c1-8(2,3)14-7(13)10-5(4-9)6(11)12;7-1-2-8-3-5-9-6-4-8/h5H,4,9H2,1-3H3,(H,10,13)(H,11,12);1-7H2/t5-;/m0./s1. The Balaban J connectivity index is 0.000000459. The summed E-state index contributed by atoms with van der Waals surface area (Å²) in [6, 6.07) is -1.11. The van der Waals surface area contributed by atoms with Crippen molar-refractivity contribution >= 4 is 12.1 Å². The third kappa shape index (κ3) is 11.8. The highest BCUT2D eigenvalue weighted by molar-refractivity contribution is 5.80. The van der Waals surface area contributed by atoms with Crippen molar-refractivity contribution in [2.45, 2.75) is 32.4 Å². The molecule has 0 spiro atoms. The Morgan fingerprint density at radius 2 is 1.87 bits per heavy atom. The maximum atomic E-state index is 11.1. The second kappa shape index (κ2) is 11.2. The quantitative estimate of drug-likeness (QED) is 0.512. The molecule has 1 fully saturated rings. The minimum Gasteiger partial charge on any atom is -0.480 e. The predicted molar refractivity (Wildman–Crippen MR) is 86.2 cm³/mol. The van der Waals surface area contributed by atoms with Crippen molar-refractivity contribution in [1.82, 2.24) is 10.2 Å². The Kier molecular flexibility index (Phi) is 10.5. The Hall–Kier alpha value is -1.42. The van der Waals surface area contributed by atoms with E-state index in [4.69, 9.17) is 26.0 Å². The van der Waals surface area contributed by atoms with Crippen LogP contribution in [0.5, 0.6) is 0 Å². The van der Waals surface area contributed by atoms with Crippen LogP contribution in [-0.2, 0) is 14.3 Å². The fourth-order valence-electron chi connectivity index (χ4n) is 1.68. The molecule has 136 valence electrons. The predicted octanol–water partition coefficient (Wildman–Crippen LogP) is -0.800. The molecular weight excluding hydrogens is 304 g/mol. The molecule has 0 radical (unpaired) electrons. The first-order chi connectivity index (χ1) is 10.7. The van der Waals surface area contributed by atoms with E-state index in [0.717, 1.165) is 39.4 Å². The molecule has 1 saturated heterocycles. The van der Waals surface area contributed by atoms with Gasteiger partial charge in [0.15, 0.2) is 0 Å². The Bertz CT molecular complexity index is 351. The molecule has 1 atom stereocenters. The van der Waals surface area contributed by atoms with Crippen LogP contribution in [0.1, 0.15) is 20.8 Å². The highest BCUT2D eigenvalue weighted by Gasteiger charge is 2.22. The van der Waals surface area contributed by atoms with Gasteiger partial charge in [0.25, 0.3) is 0 Å². The van der Waals surface area contributed by atoms with Crippen LogP contribution >= 0.6 is 0 Å². The van der Waals surface area contributed by atoms with E-state index >= 15 is 0 Å². The molecule has 23 heavy (non-hydrogen) atoms. The molecule has 1 amide bonds. The van der Waals surface area contributed by atoms with E-state index < -0.39 is 23.7 Å². The Morgan fingerprint density at radius 3 is 2.26 bits per heavy atom. The topological polar surface area (TPSA) is 140 Å². The van der Waals surface area contributed by atoms with Gasteiger partial charge in [-0.25, -0.2) is 9.59 Å². The molecule has 0 aliphatic carbocycles. The second-order valence-corrected chi connectivity index (χ2v) is 6.02. The van der Waals surface area contributed by atoms with Crippen molar-refractivity contribution in [2.75, 3.05) is 45.9 Å². The molecule has 1 rings (SSSR count). The Morgan fingerprint density at radius 1 is 1.30 bits per heavy atom. The number of alkyl carbamates (subject to hydrolysis) is 1. The van der Waals surface area contributed by atoms with Crippen molar-refractivity contribution in [3.05, 3.63) is 0 Å². The average molecular weight is 334 g/mol. The monoisotopic (exact) mass is 334 g/mol. The molecule has 0 unspecified atom stereocenters. The van der Waals surface area contributed by atoms with Crippen LogP contribution in [0.3, 0.4) is 0 Å². The number of amides is 1. The van der Waals surface area contributed by atoms with Crippen LogP contribution in [0.4, 0.5) is 4.79 Å². The highest BCUT2D eigenvalue weighted by Crippen LogP contribution is 2.06. The number of rotatable bonds is 5. The van der Waals surface area contributed by atoms with Gasteiger partial charge in [0, 0.05) is 32.7 Å². The van der Waals surface area contributed by atoms with Crippen molar-refractivity contribution in [3.63, 3.8) is 0 Å². The van der Waals surface area contributed by atoms with Gasteiger partial charge in [-0.2, -0.15) is 0 Å². The molecule has 0 aromatic heterocycles. The number of morpholine rings is 1. The summed E-state index contributed by atoms with van der Waals surface area (Å²) in [6.07, 6.45) is -0.782. The number of carbonyl (C=O) groups excluding carboxylic acids is 1. The van der Waals surface area contributed by atoms with Crippen molar-refractivity contribution < 1.29 is 24.2 Å². The van der Waals surface area contributed by atoms with Gasteiger partial charge in [0.1, 0.15) is 11.6 Å². The number of nitrogens with zero attached hydrogens (tertiary/aromatic N) is 1. The maximum Gasteiger partial charge on any atom is 0.408 e. The van der Waals surface area contributed by atoms with E-state index in [1.807, 2.05) is 0 Å². The van der Waals surface area contributed by atoms with Crippen molar-refractivity contribution in [2.24, 2.45) is 11.5 Å². The number of nitrogens with one attached hydrogen (secondary N) is 1. The van der Waals surface area contributed by atoms with Crippen LogP contribution in [0.15, 0.2) is 0 Å². The van der Waals surface area contributed by atoms with Crippen LogP contribution in [-0.4, -0.2) is 79.6 Å². The summed E-state index contributed by atoms with van der Waals surface area (Å²) < 4.78 is 10.0. The Labute approximate surface area is 137 Å². The molecular formula is C14H30N4O5. The van der Waals surface area contributed by atoms with Crippen LogP contribution in [0.25, 0.3) is 0 Å². The van der Waals surface area contributed by atoms with E-state index in [0.29, 0.717) is 0 Å². The van der Waals surface area contributed by atoms with Gasteiger partial charge in [0.2, 0.25) is 0 Å². The van der Waals surface area contributed by atoms with E-state index in [1.54, 1.807) is 20.8 Å². The lowest BCUT2D eigenvalue weighted by molar-refractivity contribution is -0.139. The number of ether oxygens (including phenoxy) is 2. The summed E-state index contributed by atoms with van der Waals surface area (Å²) >= 11 is 0. The number of hydrogen-bond donors (Lipinski definition) is 4. The molecule has 1 heterocycles. The smallest absolute Gasteiger partial charge is 0.408 e. The fourth-order valence-corrected chi connectivity index (χ4v) is 1.68. The SMILES string of the molecule is CC(C)(C)OC(=O)N[C@@H](CN)C(=O)O.NCCN1CCOCC1. The summed E-state index contributed by atoms with van der Waals surface area (Å²) in [4.78, 5) is 23.9. The minimum atomic E-state index is -1.18. The summed E-state index contributed by atoms with van der Waals surface area (Å²) in [7, 11) is 0.